The number of hydrogen-bond donors (Lipinski definition) is 0. The van der Waals surface area contributed by atoms with Gasteiger partial charge in [-0.25, -0.2) is 0 Å². The van der Waals surface area contributed by atoms with Gasteiger partial charge in [0.25, 0.3) is 11.4 Å². The van der Waals surface area contributed by atoms with Crippen LogP contribution in [-0.4, -0.2) is 9.85 Å². The summed E-state index contributed by atoms with van der Waals surface area (Å²) in [5.41, 5.74) is -1.75. The first-order valence-electron chi connectivity index (χ1n) is 7.47. The summed E-state index contributed by atoms with van der Waals surface area (Å²) in [7, 11) is 0. The largest absolute Gasteiger partial charge is 0.283 e. The minimum absolute atomic E-state index is 0.0232. The fraction of sp³-hybridized carbons (Fsp3) is 0.111. The van der Waals surface area contributed by atoms with Crippen LogP contribution in [0.1, 0.15) is 5.56 Å². The molecule has 26 heavy (non-hydrogen) atoms. The third-order valence-corrected chi connectivity index (χ3v) is 4.41. The summed E-state index contributed by atoms with van der Waals surface area (Å²) in [6.07, 6.45) is 10.2. The zero-order valence-electron chi connectivity index (χ0n) is 13.2. The number of rotatable bonds is 3. The van der Waals surface area contributed by atoms with Crippen molar-refractivity contribution in [2.75, 3.05) is 0 Å². The molecular weight excluding hydrogens is 336 g/mol. The highest BCUT2D eigenvalue weighted by atomic mass is 16.6. The van der Waals surface area contributed by atoms with Gasteiger partial charge < -0.3 is 0 Å². The predicted molar refractivity (Wildman–Crippen MR) is 91.2 cm³/mol. The molecule has 1 aromatic carbocycles. The highest BCUT2D eigenvalue weighted by Crippen LogP contribution is 2.53. The number of benzene rings is 1. The van der Waals surface area contributed by atoms with Gasteiger partial charge in [-0.2, -0.15) is 10.5 Å². The summed E-state index contributed by atoms with van der Waals surface area (Å²) in [4.78, 5) is 20.9. The van der Waals surface area contributed by atoms with Crippen molar-refractivity contribution in [3.63, 3.8) is 0 Å². The van der Waals surface area contributed by atoms with Gasteiger partial charge in [0.2, 0.25) is 0 Å². The molecule has 0 aliphatic heterocycles. The van der Waals surface area contributed by atoms with Gasteiger partial charge in [-0.05, 0) is 11.6 Å². The van der Waals surface area contributed by atoms with Crippen LogP contribution in [0.15, 0.2) is 60.2 Å². The fourth-order valence-electron chi connectivity index (χ4n) is 3.19. The molecule has 0 N–H and O–H groups in total. The van der Waals surface area contributed by atoms with Crippen LogP contribution in [0.25, 0.3) is 5.57 Å². The quantitative estimate of drug-likeness (QED) is 0.606. The highest BCUT2D eigenvalue weighted by molar-refractivity contribution is 5.87. The lowest BCUT2D eigenvalue weighted by molar-refractivity contribution is -0.394. The van der Waals surface area contributed by atoms with Crippen molar-refractivity contribution in [2.24, 2.45) is 11.3 Å². The van der Waals surface area contributed by atoms with Crippen LogP contribution in [-0.2, 0) is 0 Å². The third kappa shape index (κ3) is 2.38. The molecule has 0 heterocycles. The summed E-state index contributed by atoms with van der Waals surface area (Å²) in [6, 6.07) is 7.19. The Labute approximate surface area is 147 Å². The monoisotopic (exact) mass is 346 g/mol. The average Bonchev–Trinajstić information content (AvgIpc) is 2.77. The average molecular weight is 346 g/mol. The normalized spacial score (nSPS) is 19.4. The molecule has 0 saturated heterocycles. The van der Waals surface area contributed by atoms with Crippen molar-refractivity contribution in [3.8, 4) is 12.1 Å². The number of non-ortho nitro benzene ring substituents is 1. The third-order valence-electron chi connectivity index (χ3n) is 4.41. The summed E-state index contributed by atoms with van der Waals surface area (Å²) in [5.74, 6) is -0.586. The Morgan fingerprint density at radius 2 is 1.77 bits per heavy atom. The summed E-state index contributed by atoms with van der Waals surface area (Å²) in [5, 5.41) is 41.9. The lowest BCUT2D eigenvalue weighted by atomic mass is 9.72. The Morgan fingerprint density at radius 3 is 2.38 bits per heavy atom. The first kappa shape index (κ1) is 16.8. The molecule has 8 heteroatoms. The van der Waals surface area contributed by atoms with E-state index in [1.807, 2.05) is 12.1 Å². The first-order chi connectivity index (χ1) is 12.4. The van der Waals surface area contributed by atoms with Crippen molar-refractivity contribution >= 4 is 16.9 Å². The maximum absolute atomic E-state index is 11.5. The van der Waals surface area contributed by atoms with E-state index in [4.69, 9.17) is 0 Å². The molecule has 0 spiro atoms. The van der Waals surface area contributed by atoms with Gasteiger partial charge in [-0.1, -0.05) is 36.5 Å². The molecule has 0 aromatic heterocycles. The smallest absolute Gasteiger partial charge is 0.258 e. The number of hydrogen-bond acceptors (Lipinski definition) is 6. The van der Waals surface area contributed by atoms with Gasteiger partial charge in [-0.3, -0.25) is 20.2 Å². The maximum Gasteiger partial charge on any atom is 0.283 e. The van der Waals surface area contributed by atoms with Gasteiger partial charge in [0.05, 0.1) is 33.6 Å². The van der Waals surface area contributed by atoms with E-state index in [0.717, 1.165) is 12.1 Å². The van der Waals surface area contributed by atoms with E-state index in [2.05, 4.69) is 0 Å². The molecule has 0 radical (unpaired) electrons. The van der Waals surface area contributed by atoms with Crippen LogP contribution in [0.2, 0.25) is 0 Å². The van der Waals surface area contributed by atoms with Crippen LogP contribution in [0.5, 0.6) is 0 Å². The van der Waals surface area contributed by atoms with E-state index in [1.54, 1.807) is 36.5 Å². The van der Waals surface area contributed by atoms with Crippen molar-refractivity contribution in [1.82, 2.24) is 0 Å². The Bertz CT molecular complexity index is 1020. The molecule has 1 unspecified atom stereocenters. The van der Waals surface area contributed by atoms with Crippen molar-refractivity contribution in [3.05, 3.63) is 86.0 Å². The summed E-state index contributed by atoms with van der Waals surface area (Å²) in [6.45, 7) is 0. The molecule has 1 aromatic rings. The number of nitriles is 2. The van der Waals surface area contributed by atoms with Crippen LogP contribution < -0.4 is 0 Å². The van der Waals surface area contributed by atoms with Crippen molar-refractivity contribution in [1.29, 1.82) is 10.5 Å². The minimum Gasteiger partial charge on any atom is -0.258 e. The van der Waals surface area contributed by atoms with Crippen LogP contribution >= 0.6 is 0 Å². The van der Waals surface area contributed by atoms with Crippen LogP contribution in [0.3, 0.4) is 0 Å². The lowest BCUT2D eigenvalue weighted by Crippen LogP contribution is -2.24. The zero-order valence-corrected chi connectivity index (χ0v) is 13.2. The minimum atomic E-state index is -1.66. The van der Waals surface area contributed by atoms with Crippen LogP contribution in [0, 0.1) is 54.2 Å². The van der Waals surface area contributed by atoms with Gasteiger partial charge in [0.15, 0.2) is 5.41 Å². The Balaban J connectivity index is 2.29. The molecular formula is C18H10N4O4. The van der Waals surface area contributed by atoms with E-state index in [0.29, 0.717) is 5.57 Å². The topological polar surface area (TPSA) is 134 Å². The molecule has 2 aliphatic carbocycles. The molecule has 2 aliphatic rings. The highest BCUT2D eigenvalue weighted by Gasteiger charge is 2.50. The van der Waals surface area contributed by atoms with E-state index in [-0.39, 0.29) is 11.1 Å². The molecule has 1 atom stereocenters. The Hall–Kier alpha value is -4.04. The van der Waals surface area contributed by atoms with Crippen molar-refractivity contribution in [2.45, 2.75) is 0 Å². The first-order valence-corrected chi connectivity index (χ1v) is 7.47. The SMILES string of the molecule is N#CC1(C#N)C(c2ccc([N+](=O)[O-])cc2[N+](=O)[O-])=CC2=CC=CC=CC21. The molecule has 3 rings (SSSR count). The second kappa shape index (κ2) is 6.11. The predicted octanol–water partition coefficient (Wildman–Crippen LogP) is 3.60. The van der Waals surface area contributed by atoms with Gasteiger partial charge >= 0.3 is 0 Å². The summed E-state index contributed by atoms with van der Waals surface area (Å²) >= 11 is 0. The number of allylic oxidation sites excluding steroid dienone is 8. The number of fused-ring (bicyclic) bond motifs is 1. The lowest BCUT2D eigenvalue weighted by Gasteiger charge is -2.23. The molecule has 0 amide bonds. The second-order valence-corrected chi connectivity index (χ2v) is 5.72. The Morgan fingerprint density at radius 1 is 1.04 bits per heavy atom. The molecule has 8 nitrogen and oxygen atoms in total. The van der Waals surface area contributed by atoms with E-state index >= 15 is 0 Å². The summed E-state index contributed by atoms with van der Waals surface area (Å²) < 4.78 is 0. The number of nitrogens with zero attached hydrogens (tertiary/aromatic N) is 4. The standard InChI is InChI=1S/C18H10N4O4/c19-10-18(11-20)15-5-3-1-2-4-12(15)8-16(18)14-7-6-13(21(23)24)9-17(14)22(25)26/h1-9,15H. The second-order valence-electron chi connectivity index (χ2n) is 5.72. The van der Waals surface area contributed by atoms with Crippen LogP contribution in [0.4, 0.5) is 11.4 Å². The molecule has 0 bridgehead atoms. The maximum atomic E-state index is 11.5. The van der Waals surface area contributed by atoms with E-state index in [1.165, 1.54) is 6.07 Å². The molecule has 0 saturated carbocycles. The number of nitro benzene ring substituents is 2. The molecule has 126 valence electrons. The van der Waals surface area contributed by atoms with Gasteiger partial charge in [0, 0.05) is 17.6 Å². The van der Waals surface area contributed by atoms with E-state index in [9.17, 15) is 30.8 Å². The molecule has 0 fully saturated rings. The van der Waals surface area contributed by atoms with Gasteiger partial charge in [-0.15, -0.1) is 0 Å². The van der Waals surface area contributed by atoms with Gasteiger partial charge in [0.1, 0.15) is 0 Å². The Kier molecular flexibility index (Phi) is 3.95. The number of nitro groups is 2. The van der Waals surface area contributed by atoms with Crippen molar-refractivity contribution < 1.29 is 9.85 Å². The fourth-order valence-corrected chi connectivity index (χ4v) is 3.19. The van der Waals surface area contributed by atoms with E-state index < -0.39 is 32.6 Å². The zero-order chi connectivity index (χ0) is 18.9.